The number of halogens is 1. The van der Waals surface area contributed by atoms with Crippen molar-refractivity contribution in [2.24, 2.45) is 0 Å². The molecule has 0 saturated heterocycles. The zero-order chi connectivity index (χ0) is 12.4. The Balaban J connectivity index is 2.73. The van der Waals surface area contributed by atoms with Gasteiger partial charge in [-0.1, -0.05) is 6.08 Å². The number of allylic oxidation sites excluding steroid dienone is 2. The van der Waals surface area contributed by atoms with E-state index >= 15 is 0 Å². The minimum Gasteiger partial charge on any atom is -0.493 e. The van der Waals surface area contributed by atoms with Crippen LogP contribution in [0.25, 0.3) is 5.57 Å². The average molecular weight is 233 g/mol. The second-order valence-corrected chi connectivity index (χ2v) is 3.72. The van der Waals surface area contributed by atoms with Crippen LogP contribution in [0, 0.1) is 17.1 Å². The molecule has 1 aliphatic rings. The van der Waals surface area contributed by atoms with E-state index in [0.29, 0.717) is 41.0 Å². The molecule has 0 amide bonds. The lowest BCUT2D eigenvalue weighted by Crippen LogP contribution is -2.06. The Kier molecular flexibility index (Phi) is 3.01. The van der Waals surface area contributed by atoms with E-state index in [1.807, 2.05) is 6.07 Å². The minimum absolute atomic E-state index is 0.344. The van der Waals surface area contributed by atoms with Crippen molar-refractivity contribution in [1.29, 1.82) is 5.26 Å². The molecule has 0 fully saturated rings. The van der Waals surface area contributed by atoms with Crippen LogP contribution in [0.2, 0.25) is 0 Å². The highest BCUT2D eigenvalue weighted by Gasteiger charge is 2.24. The van der Waals surface area contributed by atoms with Gasteiger partial charge < -0.3 is 9.47 Å². The molecular weight excluding hydrogens is 221 g/mol. The summed E-state index contributed by atoms with van der Waals surface area (Å²) >= 11 is 0. The summed E-state index contributed by atoms with van der Waals surface area (Å²) in [5.41, 5.74) is 1.42. The highest BCUT2D eigenvalue weighted by molar-refractivity contribution is 5.82. The molecule has 0 atom stereocenters. The number of hydrogen-bond donors (Lipinski definition) is 0. The number of fused-ring (bicyclic) bond motifs is 1. The fourth-order valence-electron chi connectivity index (χ4n) is 2.13. The Morgan fingerprint density at radius 1 is 1.35 bits per heavy atom. The number of benzene rings is 1. The molecule has 4 heteroatoms. The summed E-state index contributed by atoms with van der Waals surface area (Å²) in [6.45, 7) is 0. The smallest absolute Gasteiger partial charge is 0.164 e. The second kappa shape index (κ2) is 4.46. The number of nitriles is 1. The van der Waals surface area contributed by atoms with Crippen LogP contribution in [0.5, 0.6) is 11.5 Å². The number of methoxy groups -OCH3 is 2. The highest BCUT2D eigenvalue weighted by atomic mass is 19.1. The van der Waals surface area contributed by atoms with Gasteiger partial charge in [0.2, 0.25) is 0 Å². The monoisotopic (exact) mass is 233 g/mol. The normalized spacial score (nSPS) is 13.4. The van der Waals surface area contributed by atoms with Gasteiger partial charge in [0.1, 0.15) is 5.82 Å². The lowest BCUT2D eigenvalue weighted by Gasteiger charge is -2.19. The third-order valence-corrected chi connectivity index (χ3v) is 2.85. The van der Waals surface area contributed by atoms with E-state index in [4.69, 9.17) is 14.7 Å². The number of rotatable bonds is 2. The van der Waals surface area contributed by atoms with E-state index in [2.05, 4.69) is 0 Å². The first-order chi connectivity index (χ1) is 8.22. The standard InChI is InChI=1S/C13H12FNO2/c1-16-11-6-10(14)12-8(7-15)4-3-5-9(12)13(11)17-2/h4,6H,3,5H2,1-2H3. The summed E-state index contributed by atoms with van der Waals surface area (Å²) < 4.78 is 24.3. The fourth-order valence-corrected chi connectivity index (χ4v) is 2.13. The number of hydrogen-bond acceptors (Lipinski definition) is 3. The van der Waals surface area contributed by atoms with Gasteiger partial charge in [0.05, 0.1) is 25.9 Å². The van der Waals surface area contributed by atoms with Gasteiger partial charge in [-0.05, 0) is 12.8 Å². The van der Waals surface area contributed by atoms with Crippen LogP contribution in [-0.4, -0.2) is 14.2 Å². The summed E-state index contributed by atoms with van der Waals surface area (Å²) in [6.07, 6.45) is 3.11. The Morgan fingerprint density at radius 3 is 2.71 bits per heavy atom. The van der Waals surface area contributed by atoms with E-state index in [-0.39, 0.29) is 0 Å². The summed E-state index contributed by atoms with van der Waals surface area (Å²) in [5, 5.41) is 9.00. The average Bonchev–Trinajstić information content (AvgIpc) is 2.37. The van der Waals surface area contributed by atoms with Crippen molar-refractivity contribution in [1.82, 2.24) is 0 Å². The Bertz CT molecular complexity index is 529. The first-order valence-electron chi connectivity index (χ1n) is 5.27. The molecule has 0 aliphatic heterocycles. The van der Waals surface area contributed by atoms with E-state index in [1.54, 1.807) is 6.08 Å². The summed E-state index contributed by atoms with van der Waals surface area (Å²) in [5.74, 6) is 0.442. The zero-order valence-electron chi connectivity index (χ0n) is 9.71. The summed E-state index contributed by atoms with van der Waals surface area (Å²) in [7, 11) is 2.98. The van der Waals surface area contributed by atoms with Crippen molar-refractivity contribution in [2.45, 2.75) is 12.8 Å². The molecule has 1 aliphatic carbocycles. The molecule has 0 spiro atoms. The van der Waals surface area contributed by atoms with E-state index in [9.17, 15) is 4.39 Å². The summed E-state index contributed by atoms with van der Waals surface area (Å²) in [4.78, 5) is 0. The van der Waals surface area contributed by atoms with Gasteiger partial charge in [-0.2, -0.15) is 5.26 Å². The quantitative estimate of drug-likeness (QED) is 0.788. The number of ether oxygens (including phenoxy) is 2. The molecule has 0 unspecified atom stereocenters. The Labute approximate surface area is 99.1 Å². The molecular formula is C13H12FNO2. The predicted octanol–water partition coefficient (Wildman–Crippen LogP) is 2.70. The zero-order valence-corrected chi connectivity index (χ0v) is 9.71. The van der Waals surface area contributed by atoms with Gasteiger partial charge in [0, 0.05) is 17.2 Å². The van der Waals surface area contributed by atoms with Crippen LogP contribution in [0.15, 0.2) is 12.1 Å². The van der Waals surface area contributed by atoms with E-state index < -0.39 is 5.82 Å². The van der Waals surface area contributed by atoms with Gasteiger partial charge in [0.15, 0.2) is 11.5 Å². The Hall–Kier alpha value is -2.02. The molecule has 2 rings (SSSR count). The molecule has 3 nitrogen and oxygen atoms in total. The van der Waals surface area contributed by atoms with Crippen molar-refractivity contribution < 1.29 is 13.9 Å². The molecule has 0 N–H and O–H groups in total. The molecule has 0 bridgehead atoms. The minimum atomic E-state index is -0.440. The molecule has 0 saturated carbocycles. The highest BCUT2D eigenvalue weighted by Crippen LogP contribution is 2.40. The van der Waals surface area contributed by atoms with Gasteiger partial charge in [0.25, 0.3) is 0 Å². The Morgan fingerprint density at radius 2 is 2.12 bits per heavy atom. The van der Waals surface area contributed by atoms with E-state index in [0.717, 1.165) is 0 Å². The van der Waals surface area contributed by atoms with E-state index in [1.165, 1.54) is 20.3 Å². The maximum Gasteiger partial charge on any atom is 0.164 e. The summed E-state index contributed by atoms with van der Waals surface area (Å²) in [6, 6.07) is 3.27. The molecule has 0 heterocycles. The SMILES string of the molecule is COc1cc(F)c2c(c1OC)CCC=C2C#N. The second-order valence-electron chi connectivity index (χ2n) is 3.72. The van der Waals surface area contributed by atoms with Gasteiger partial charge in [-0.15, -0.1) is 0 Å². The third-order valence-electron chi connectivity index (χ3n) is 2.85. The van der Waals surface area contributed by atoms with Crippen LogP contribution in [0.4, 0.5) is 4.39 Å². The van der Waals surface area contributed by atoms with Gasteiger partial charge in [-0.3, -0.25) is 0 Å². The van der Waals surface area contributed by atoms with Crippen molar-refractivity contribution in [3.05, 3.63) is 29.1 Å². The fraction of sp³-hybridized carbons (Fsp3) is 0.308. The molecule has 1 aromatic rings. The largest absolute Gasteiger partial charge is 0.493 e. The lowest BCUT2D eigenvalue weighted by molar-refractivity contribution is 0.348. The molecule has 0 aromatic heterocycles. The predicted molar refractivity (Wildman–Crippen MR) is 61.4 cm³/mol. The third kappa shape index (κ3) is 1.74. The van der Waals surface area contributed by atoms with Gasteiger partial charge >= 0.3 is 0 Å². The maximum absolute atomic E-state index is 13.9. The van der Waals surface area contributed by atoms with Crippen LogP contribution >= 0.6 is 0 Å². The maximum atomic E-state index is 13.9. The molecule has 0 radical (unpaired) electrons. The lowest BCUT2D eigenvalue weighted by atomic mass is 9.90. The van der Waals surface area contributed by atoms with Crippen LogP contribution in [-0.2, 0) is 6.42 Å². The first-order valence-corrected chi connectivity index (χ1v) is 5.27. The van der Waals surface area contributed by atoms with Crippen molar-refractivity contribution >= 4 is 5.57 Å². The van der Waals surface area contributed by atoms with Crippen molar-refractivity contribution in [2.75, 3.05) is 14.2 Å². The molecule has 88 valence electrons. The van der Waals surface area contributed by atoms with Gasteiger partial charge in [-0.25, -0.2) is 4.39 Å². The van der Waals surface area contributed by atoms with Crippen LogP contribution in [0.3, 0.4) is 0 Å². The van der Waals surface area contributed by atoms with Crippen molar-refractivity contribution in [3.8, 4) is 17.6 Å². The van der Waals surface area contributed by atoms with Crippen LogP contribution < -0.4 is 9.47 Å². The molecule has 1 aromatic carbocycles. The topological polar surface area (TPSA) is 42.2 Å². The van der Waals surface area contributed by atoms with Crippen molar-refractivity contribution in [3.63, 3.8) is 0 Å². The molecule has 17 heavy (non-hydrogen) atoms. The number of nitrogens with zero attached hydrogens (tertiary/aromatic N) is 1. The first kappa shape index (κ1) is 11.5. The van der Waals surface area contributed by atoms with Crippen LogP contribution in [0.1, 0.15) is 17.5 Å².